The number of fused-ring (bicyclic) bond motifs is 2. The highest BCUT2D eigenvalue weighted by atomic mass is 19.1. The summed E-state index contributed by atoms with van der Waals surface area (Å²) in [5.41, 5.74) is 8.72. The first kappa shape index (κ1) is 21.2. The van der Waals surface area contributed by atoms with Crippen molar-refractivity contribution in [1.82, 2.24) is 14.9 Å². The number of anilines is 3. The molecule has 2 aromatic heterocycles. The van der Waals surface area contributed by atoms with E-state index >= 15 is 4.39 Å². The normalized spacial score (nSPS) is 16.0. The third-order valence-corrected chi connectivity index (χ3v) is 6.29. The number of halogens is 1. The van der Waals surface area contributed by atoms with Gasteiger partial charge in [-0.3, -0.25) is 4.90 Å². The Labute approximate surface area is 190 Å². The number of amides is 1. The number of hydrogen-bond donors (Lipinski definition) is 3. The quantitative estimate of drug-likeness (QED) is 0.517. The first-order valence-electron chi connectivity index (χ1n) is 10.9. The van der Waals surface area contributed by atoms with Crippen molar-refractivity contribution >= 4 is 34.1 Å². The van der Waals surface area contributed by atoms with Crippen LogP contribution in [0.25, 0.3) is 21.9 Å². The Hall–Kier alpha value is -3.66. The number of nitrogens with two attached hydrogens (primary N) is 1. The molecule has 0 bridgehead atoms. The summed E-state index contributed by atoms with van der Waals surface area (Å²) < 4.78 is 21.1. The van der Waals surface area contributed by atoms with Gasteiger partial charge in [-0.25, -0.2) is 19.2 Å². The highest BCUT2D eigenvalue weighted by Gasteiger charge is 2.34. The van der Waals surface area contributed by atoms with Crippen molar-refractivity contribution in [1.29, 1.82) is 0 Å². The molecule has 33 heavy (non-hydrogen) atoms. The van der Waals surface area contributed by atoms with E-state index < -0.39 is 11.9 Å². The Morgan fingerprint density at radius 2 is 2.12 bits per heavy atom. The van der Waals surface area contributed by atoms with Crippen LogP contribution in [0.2, 0.25) is 0 Å². The zero-order valence-electron chi connectivity index (χ0n) is 18.4. The van der Waals surface area contributed by atoms with Gasteiger partial charge in [0.1, 0.15) is 18.1 Å². The number of likely N-dealkylation sites (tertiary alicyclic amines) is 1. The van der Waals surface area contributed by atoms with E-state index in [9.17, 15) is 9.90 Å². The topological polar surface area (TPSA) is 117 Å². The van der Waals surface area contributed by atoms with Gasteiger partial charge in [0.15, 0.2) is 5.82 Å². The number of benzene rings is 1. The number of nitrogens with one attached hydrogen (secondary N) is 1. The van der Waals surface area contributed by atoms with Gasteiger partial charge in [0.05, 0.1) is 11.7 Å². The molecule has 0 atom stereocenters. The lowest BCUT2D eigenvalue weighted by Gasteiger charge is -2.41. The van der Waals surface area contributed by atoms with Crippen LogP contribution in [0.15, 0.2) is 24.5 Å². The molecule has 4 N–H and O–H groups in total. The lowest BCUT2D eigenvalue weighted by Crippen LogP contribution is -2.59. The SMILES string of the molecule is CCc1c(-c2cc3cc(N(C(=O)O)C4CN(C)C4)ncc3c(N)c2F)cnc2c1NCCO2. The van der Waals surface area contributed by atoms with Crippen molar-refractivity contribution in [3.05, 3.63) is 35.9 Å². The molecular weight excluding hydrogens is 427 g/mol. The van der Waals surface area contributed by atoms with Crippen molar-refractivity contribution < 1.29 is 19.0 Å². The molecule has 9 nitrogen and oxygen atoms in total. The van der Waals surface area contributed by atoms with Crippen LogP contribution < -0.4 is 20.7 Å². The van der Waals surface area contributed by atoms with Crippen LogP contribution in [-0.2, 0) is 6.42 Å². The number of ether oxygens (including phenoxy) is 1. The van der Waals surface area contributed by atoms with Crippen LogP contribution in [0, 0.1) is 5.82 Å². The highest BCUT2D eigenvalue weighted by molar-refractivity contribution is 6.00. The number of rotatable bonds is 4. The molecule has 3 aromatic rings. The molecule has 4 heterocycles. The third-order valence-electron chi connectivity index (χ3n) is 6.29. The van der Waals surface area contributed by atoms with E-state index in [1.54, 1.807) is 18.3 Å². The predicted octanol–water partition coefficient (Wildman–Crippen LogP) is 3.18. The first-order valence-corrected chi connectivity index (χ1v) is 10.9. The smallest absolute Gasteiger partial charge is 0.413 e. The highest BCUT2D eigenvalue weighted by Crippen LogP contribution is 2.40. The fourth-order valence-corrected chi connectivity index (χ4v) is 4.63. The van der Waals surface area contributed by atoms with Gasteiger partial charge < -0.3 is 25.8 Å². The Kier molecular flexibility index (Phi) is 5.16. The van der Waals surface area contributed by atoms with Crippen molar-refractivity contribution in [2.75, 3.05) is 49.2 Å². The minimum Gasteiger partial charge on any atom is -0.474 e. The summed E-state index contributed by atoms with van der Waals surface area (Å²) in [5.74, 6) is 0.241. The standard InChI is InChI=1S/C23H25FN6O3/c1-3-14-17(9-28-22-21(14)26-4-5-33-22)15-6-12-7-18(27-8-16(12)20(25)19(15)24)30(23(31)32)13-10-29(2)11-13/h6-9,13,26H,3-5,10-11,25H2,1-2H3,(H,31,32). The fraction of sp³-hybridized carbons (Fsp3) is 0.348. The minimum atomic E-state index is -1.08. The molecular formula is C23H25FN6O3. The summed E-state index contributed by atoms with van der Waals surface area (Å²) in [7, 11) is 1.93. The number of nitrogen functional groups attached to an aromatic ring is 1. The number of carboxylic acid groups (broad SMARTS) is 1. The second-order valence-corrected chi connectivity index (χ2v) is 8.40. The second-order valence-electron chi connectivity index (χ2n) is 8.40. The van der Waals surface area contributed by atoms with Gasteiger partial charge in [0.25, 0.3) is 0 Å². The molecule has 1 saturated heterocycles. The minimum absolute atomic E-state index is 0.0317. The number of hydrogen-bond acceptors (Lipinski definition) is 7. The molecule has 1 aromatic carbocycles. The van der Waals surface area contributed by atoms with Gasteiger partial charge in [-0.05, 0) is 36.6 Å². The molecule has 5 rings (SSSR count). The number of likely N-dealkylation sites (N-methyl/N-ethyl adjacent to an activating group) is 1. The zero-order chi connectivity index (χ0) is 23.3. The Bertz CT molecular complexity index is 1260. The van der Waals surface area contributed by atoms with Gasteiger partial charge in [-0.1, -0.05) is 6.92 Å². The maximum absolute atomic E-state index is 15.4. The van der Waals surface area contributed by atoms with Crippen LogP contribution in [0.3, 0.4) is 0 Å². The zero-order valence-corrected chi connectivity index (χ0v) is 18.4. The summed E-state index contributed by atoms with van der Waals surface area (Å²) in [5, 5.41) is 14.1. The molecule has 172 valence electrons. The molecule has 1 amide bonds. The maximum Gasteiger partial charge on any atom is 0.413 e. The summed E-state index contributed by atoms with van der Waals surface area (Å²) in [6.07, 6.45) is 2.60. The Balaban J connectivity index is 1.65. The van der Waals surface area contributed by atoms with Gasteiger partial charge in [0.2, 0.25) is 5.88 Å². The van der Waals surface area contributed by atoms with E-state index in [1.165, 1.54) is 11.1 Å². The molecule has 0 unspecified atom stereocenters. The average molecular weight is 452 g/mol. The fourth-order valence-electron chi connectivity index (χ4n) is 4.63. The van der Waals surface area contributed by atoms with E-state index in [1.807, 2.05) is 18.9 Å². The lowest BCUT2D eigenvalue weighted by atomic mass is 9.95. The predicted molar refractivity (Wildman–Crippen MR) is 124 cm³/mol. The van der Waals surface area contributed by atoms with Crippen molar-refractivity contribution in [2.24, 2.45) is 0 Å². The van der Waals surface area contributed by atoms with Crippen LogP contribution in [-0.4, -0.2) is 65.4 Å². The van der Waals surface area contributed by atoms with Gasteiger partial charge in [-0.2, -0.15) is 0 Å². The molecule has 0 aliphatic carbocycles. The number of aromatic nitrogens is 2. The van der Waals surface area contributed by atoms with Crippen LogP contribution in [0.5, 0.6) is 5.88 Å². The molecule has 10 heteroatoms. The largest absolute Gasteiger partial charge is 0.474 e. The Morgan fingerprint density at radius 3 is 2.82 bits per heavy atom. The number of nitrogens with zero attached hydrogens (tertiary/aromatic N) is 4. The van der Waals surface area contributed by atoms with Crippen molar-refractivity contribution in [3.8, 4) is 17.0 Å². The average Bonchev–Trinajstić information content (AvgIpc) is 2.79. The summed E-state index contributed by atoms with van der Waals surface area (Å²) in [4.78, 5) is 23.9. The van der Waals surface area contributed by atoms with E-state index in [2.05, 4.69) is 15.3 Å². The number of pyridine rings is 2. The molecule has 0 spiro atoms. The summed E-state index contributed by atoms with van der Waals surface area (Å²) >= 11 is 0. The lowest BCUT2D eigenvalue weighted by molar-refractivity contribution is 0.160. The summed E-state index contributed by atoms with van der Waals surface area (Å²) in [6, 6.07) is 3.16. The molecule has 2 aliphatic rings. The Morgan fingerprint density at radius 1 is 1.33 bits per heavy atom. The van der Waals surface area contributed by atoms with Gasteiger partial charge in [-0.15, -0.1) is 0 Å². The van der Waals surface area contributed by atoms with E-state index in [-0.39, 0.29) is 11.7 Å². The third kappa shape index (κ3) is 3.46. The summed E-state index contributed by atoms with van der Waals surface area (Å²) in [6.45, 7) is 4.40. The van der Waals surface area contributed by atoms with E-state index in [4.69, 9.17) is 10.5 Å². The number of carbonyl (C=O) groups is 1. The van der Waals surface area contributed by atoms with Crippen molar-refractivity contribution in [3.63, 3.8) is 0 Å². The molecule has 2 aliphatic heterocycles. The second kappa shape index (κ2) is 8.04. The van der Waals surface area contributed by atoms with Crippen molar-refractivity contribution in [2.45, 2.75) is 19.4 Å². The van der Waals surface area contributed by atoms with E-state index in [0.717, 1.165) is 11.3 Å². The molecule has 0 radical (unpaired) electrons. The van der Waals surface area contributed by atoms with Gasteiger partial charge >= 0.3 is 6.09 Å². The van der Waals surface area contributed by atoms with Crippen LogP contribution in [0.1, 0.15) is 12.5 Å². The van der Waals surface area contributed by atoms with Crippen LogP contribution in [0.4, 0.5) is 26.4 Å². The first-order chi connectivity index (χ1) is 15.9. The molecule has 0 saturated carbocycles. The van der Waals surface area contributed by atoms with E-state index in [0.29, 0.717) is 66.3 Å². The van der Waals surface area contributed by atoms with Gasteiger partial charge in [0, 0.05) is 48.5 Å². The maximum atomic E-state index is 15.4. The monoisotopic (exact) mass is 452 g/mol. The van der Waals surface area contributed by atoms with Crippen LogP contribution >= 0.6 is 0 Å². The molecule has 1 fully saturated rings.